The van der Waals surface area contributed by atoms with Crippen molar-refractivity contribution < 1.29 is 27.9 Å². The predicted octanol–water partition coefficient (Wildman–Crippen LogP) is 4.74. The molecule has 0 saturated heterocycles. The van der Waals surface area contributed by atoms with Crippen LogP contribution in [0.3, 0.4) is 0 Å². The van der Waals surface area contributed by atoms with Crippen molar-refractivity contribution in [2.24, 2.45) is 10.9 Å². The highest BCUT2D eigenvalue weighted by Gasteiger charge is 2.31. The van der Waals surface area contributed by atoms with Crippen LogP contribution in [-0.2, 0) is 11.0 Å². The number of alkyl halides is 3. The number of hydrogen-bond acceptors (Lipinski definition) is 3. The fraction of sp³-hybridized carbons (Fsp3) is 0.250. The first-order valence-electron chi connectivity index (χ1n) is 8.69. The Bertz CT molecular complexity index is 1150. The van der Waals surface area contributed by atoms with Crippen molar-refractivity contribution in [2.45, 2.75) is 26.1 Å². The lowest BCUT2D eigenvalue weighted by Gasteiger charge is -2.19. The zero-order valence-corrected chi connectivity index (χ0v) is 16.3. The Labute approximate surface area is 167 Å². The molecule has 152 valence electrons. The number of benzene rings is 2. The lowest BCUT2D eigenvalue weighted by atomic mass is 10.0. The van der Waals surface area contributed by atoms with Crippen molar-refractivity contribution in [1.82, 2.24) is 4.57 Å². The van der Waals surface area contributed by atoms with Gasteiger partial charge < -0.3 is 9.67 Å². The van der Waals surface area contributed by atoms with Crippen LogP contribution >= 0.6 is 11.3 Å². The Morgan fingerprint density at radius 3 is 2.41 bits per heavy atom. The number of hydrogen-bond donors (Lipinski definition) is 1. The third kappa shape index (κ3) is 4.24. The van der Waals surface area contributed by atoms with Crippen LogP contribution in [0.2, 0.25) is 0 Å². The number of amides is 1. The second kappa shape index (κ2) is 7.82. The first kappa shape index (κ1) is 20.8. The number of carbonyl (C=O) groups excluding carboxylic acids is 1. The molecule has 0 aliphatic heterocycles. The highest BCUT2D eigenvalue weighted by Crippen LogP contribution is 2.30. The molecule has 1 N–H and O–H groups in total. The Morgan fingerprint density at radius 2 is 1.79 bits per heavy atom. The van der Waals surface area contributed by atoms with E-state index < -0.39 is 29.7 Å². The minimum absolute atomic E-state index is 0.120. The van der Waals surface area contributed by atoms with E-state index in [1.165, 1.54) is 10.6 Å². The third-order valence-corrected chi connectivity index (χ3v) is 5.36. The molecule has 0 aliphatic rings. The molecule has 1 aromatic heterocycles. The Kier molecular flexibility index (Phi) is 5.61. The SMILES string of the molecule is CC(C)C(C(=O)O)n1c(=NC(=O)c2cccc(C(F)(F)F)c2)sc2ccccc21. The van der Waals surface area contributed by atoms with Gasteiger partial charge in [-0.25, -0.2) is 4.79 Å². The lowest BCUT2D eigenvalue weighted by Crippen LogP contribution is -2.31. The number of fused-ring (bicyclic) bond motifs is 1. The van der Waals surface area contributed by atoms with Gasteiger partial charge in [0, 0.05) is 5.56 Å². The molecule has 0 fully saturated rings. The number of halogens is 3. The lowest BCUT2D eigenvalue weighted by molar-refractivity contribution is -0.142. The summed E-state index contributed by atoms with van der Waals surface area (Å²) >= 11 is 1.11. The minimum atomic E-state index is -4.58. The van der Waals surface area contributed by atoms with Gasteiger partial charge >= 0.3 is 12.1 Å². The number of thiazole rings is 1. The number of nitrogens with zero attached hydrogens (tertiary/aromatic N) is 2. The molecular weight excluding hydrogens is 405 g/mol. The molecule has 29 heavy (non-hydrogen) atoms. The summed E-state index contributed by atoms with van der Waals surface area (Å²) in [6.45, 7) is 3.47. The Hall–Kier alpha value is -2.94. The number of para-hydroxylation sites is 1. The largest absolute Gasteiger partial charge is 0.480 e. The molecule has 0 saturated carbocycles. The molecule has 0 spiro atoms. The number of aliphatic carboxylic acids is 1. The summed E-state index contributed by atoms with van der Waals surface area (Å²) in [5.74, 6) is -2.27. The topological polar surface area (TPSA) is 71.7 Å². The van der Waals surface area contributed by atoms with Gasteiger partial charge in [-0.15, -0.1) is 0 Å². The van der Waals surface area contributed by atoms with Gasteiger partial charge in [0.1, 0.15) is 6.04 Å². The summed E-state index contributed by atoms with van der Waals surface area (Å²) in [4.78, 5) is 28.6. The molecule has 1 unspecified atom stereocenters. The Morgan fingerprint density at radius 1 is 1.10 bits per heavy atom. The van der Waals surface area contributed by atoms with E-state index in [4.69, 9.17) is 0 Å². The van der Waals surface area contributed by atoms with Crippen LogP contribution in [-0.4, -0.2) is 21.6 Å². The van der Waals surface area contributed by atoms with Gasteiger partial charge in [0.2, 0.25) is 0 Å². The van der Waals surface area contributed by atoms with Crippen molar-refractivity contribution in [3.8, 4) is 0 Å². The molecule has 5 nitrogen and oxygen atoms in total. The third-order valence-electron chi connectivity index (χ3n) is 4.33. The van der Waals surface area contributed by atoms with Crippen molar-refractivity contribution >= 4 is 33.4 Å². The summed E-state index contributed by atoms with van der Waals surface area (Å²) < 4.78 is 41.0. The monoisotopic (exact) mass is 422 g/mol. The van der Waals surface area contributed by atoms with E-state index in [-0.39, 0.29) is 16.3 Å². The standard InChI is InChI=1S/C20H17F3N2O3S/c1-11(2)16(18(27)28)25-14-8-3-4-9-15(14)29-19(25)24-17(26)12-6-5-7-13(10-12)20(21,22)23/h3-11,16H,1-2H3,(H,27,28). The van der Waals surface area contributed by atoms with E-state index in [0.29, 0.717) is 5.52 Å². The van der Waals surface area contributed by atoms with Crippen LogP contribution in [0.5, 0.6) is 0 Å². The van der Waals surface area contributed by atoms with Gasteiger partial charge in [0.25, 0.3) is 5.91 Å². The van der Waals surface area contributed by atoms with Crippen molar-refractivity contribution in [3.05, 3.63) is 64.5 Å². The molecule has 3 rings (SSSR count). The Balaban J connectivity index is 2.19. The quantitative estimate of drug-likeness (QED) is 0.660. The van der Waals surface area contributed by atoms with E-state index in [9.17, 15) is 27.9 Å². The maximum absolute atomic E-state index is 12.9. The van der Waals surface area contributed by atoms with Crippen molar-refractivity contribution in [3.63, 3.8) is 0 Å². The molecule has 3 aromatic rings. The molecule has 9 heteroatoms. The zero-order valence-electron chi connectivity index (χ0n) is 15.5. The molecule has 1 heterocycles. The summed E-state index contributed by atoms with van der Waals surface area (Å²) in [5.41, 5.74) is -0.581. The van der Waals surface area contributed by atoms with Crippen LogP contribution in [0.15, 0.2) is 53.5 Å². The minimum Gasteiger partial charge on any atom is -0.480 e. The maximum Gasteiger partial charge on any atom is 0.416 e. The molecule has 1 amide bonds. The van der Waals surface area contributed by atoms with Gasteiger partial charge in [-0.2, -0.15) is 18.2 Å². The van der Waals surface area contributed by atoms with E-state index in [1.807, 2.05) is 0 Å². The van der Waals surface area contributed by atoms with Crippen LogP contribution in [0.4, 0.5) is 13.2 Å². The fourth-order valence-corrected chi connectivity index (χ4v) is 4.07. The second-order valence-electron chi connectivity index (χ2n) is 6.74. The number of carboxylic acids is 1. The highest BCUT2D eigenvalue weighted by atomic mass is 32.1. The van der Waals surface area contributed by atoms with E-state index >= 15 is 0 Å². The van der Waals surface area contributed by atoms with Crippen molar-refractivity contribution in [1.29, 1.82) is 0 Å². The maximum atomic E-state index is 12.9. The summed E-state index contributed by atoms with van der Waals surface area (Å²) in [6.07, 6.45) is -4.58. The van der Waals surface area contributed by atoms with Gasteiger partial charge in [0.05, 0.1) is 15.8 Å². The number of rotatable bonds is 4. The average molecular weight is 422 g/mol. The number of aromatic nitrogens is 1. The van der Waals surface area contributed by atoms with Crippen LogP contribution in [0.1, 0.15) is 35.8 Å². The van der Waals surface area contributed by atoms with Crippen molar-refractivity contribution in [2.75, 3.05) is 0 Å². The van der Waals surface area contributed by atoms with Gasteiger partial charge in [-0.3, -0.25) is 4.79 Å². The van der Waals surface area contributed by atoms with Crippen LogP contribution in [0, 0.1) is 5.92 Å². The van der Waals surface area contributed by atoms with E-state index in [1.54, 1.807) is 38.1 Å². The van der Waals surface area contributed by atoms with Gasteiger partial charge in [-0.1, -0.05) is 43.4 Å². The molecular formula is C20H17F3N2O3S. The van der Waals surface area contributed by atoms with Gasteiger partial charge in [0.15, 0.2) is 4.80 Å². The summed E-state index contributed by atoms with van der Waals surface area (Å²) in [7, 11) is 0. The normalized spacial score (nSPS) is 13.8. The molecule has 0 bridgehead atoms. The number of carboxylic acid groups (broad SMARTS) is 1. The zero-order chi connectivity index (χ0) is 21.3. The fourth-order valence-electron chi connectivity index (χ4n) is 3.01. The molecule has 2 aromatic carbocycles. The second-order valence-corrected chi connectivity index (χ2v) is 7.75. The molecule has 0 aliphatic carbocycles. The summed E-state index contributed by atoms with van der Waals surface area (Å²) in [5, 5.41) is 9.71. The average Bonchev–Trinajstić information content (AvgIpc) is 2.98. The van der Waals surface area contributed by atoms with E-state index in [0.717, 1.165) is 34.2 Å². The summed E-state index contributed by atoms with van der Waals surface area (Å²) in [6, 6.07) is 10.0. The highest BCUT2D eigenvalue weighted by molar-refractivity contribution is 7.16. The molecule has 1 atom stereocenters. The molecule has 0 radical (unpaired) electrons. The van der Waals surface area contributed by atoms with Crippen LogP contribution < -0.4 is 4.80 Å². The number of carbonyl (C=O) groups is 2. The van der Waals surface area contributed by atoms with Gasteiger partial charge in [-0.05, 0) is 36.2 Å². The first-order chi connectivity index (χ1) is 13.6. The smallest absolute Gasteiger partial charge is 0.416 e. The van der Waals surface area contributed by atoms with Crippen LogP contribution in [0.25, 0.3) is 10.2 Å². The first-order valence-corrected chi connectivity index (χ1v) is 9.50. The van der Waals surface area contributed by atoms with E-state index in [2.05, 4.69) is 4.99 Å². The predicted molar refractivity (Wildman–Crippen MR) is 103 cm³/mol.